The van der Waals surface area contributed by atoms with Crippen LogP contribution in [0.25, 0.3) is 0 Å². The van der Waals surface area contributed by atoms with Crippen LogP contribution in [-0.4, -0.2) is 23.1 Å². The lowest BCUT2D eigenvalue weighted by Crippen LogP contribution is -2.38. The normalized spacial score (nSPS) is 13.3. The molecule has 1 unspecified atom stereocenters. The van der Waals surface area contributed by atoms with Gasteiger partial charge in [0, 0.05) is 16.1 Å². The number of rotatable bonds is 4. The summed E-state index contributed by atoms with van der Waals surface area (Å²) in [7, 11) is -1.27. The van der Waals surface area contributed by atoms with Crippen LogP contribution < -0.4 is 4.34 Å². The van der Waals surface area contributed by atoms with E-state index in [0.29, 0.717) is 0 Å². The molecule has 5 heteroatoms. The molecule has 3 nitrogen and oxygen atoms in total. The highest BCUT2D eigenvalue weighted by Gasteiger charge is 2.20. The van der Waals surface area contributed by atoms with Crippen molar-refractivity contribution in [2.45, 2.75) is 25.7 Å². The van der Waals surface area contributed by atoms with Crippen molar-refractivity contribution in [1.29, 1.82) is 0 Å². The number of halogens is 1. The summed E-state index contributed by atoms with van der Waals surface area (Å²) >= 11 is 2.95. The van der Waals surface area contributed by atoms with Crippen LogP contribution in [0, 0.1) is 0 Å². The molecule has 0 heterocycles. The van der Waals surface area contributed by atoms with E-state index in [9.17, 15) is 0 Å². The fraction of sp³-hybridized carbons (Fsp3) is 1.00. The molecule has 0 saturated heterocycles. The van der Waals surface area contributed by atoms with E-state index >= 15 is 0 Å². The predicted octanol–water partition coefficient (Wildman–Crippen LogP) is 0.0666. The Hall–Kier alpha value is 0.425. The molecule has 0 fully saturated rings. The maximum Gasteiger partial charge on any atom is 0.470 e. The second-order valence-electron chi connectivity index (χ2n) is 1.92. The van der Waals surface area contributed by atoms with Crippen molar-refractivity contribution in [3.8, 4) is 0 Å². The Kier molecular flexibility index (Phi) is 5.48. The second-order valence-corrected chi connectivity index (χ2v) is 2.38. The summed E-state index contributed by atoms with van der Waals surface area (Å²) in [5.41, 5.74) is 0. The number of hydrogen-bond acceptors (Lipinski definition) is 3. The van der Waals surface area contributed by atoms with E-state index < -0.39 is 7.12 Å². The minimum absolute atomic E-state index is 0.255. The third kappa shape index (κ3) is 3.92. The van der Waals surface area contributed by atoms with Gasteiger partial charge in [0.2, 0.25) is 0 Å². The zero-order valence-electron chi connectivity index (χ0n) is 5.34. The molecule has 1 atom stereocenters. The quantitative estimate of drug-likeness (QED) is 0.440. The zero-order chi connectivity index (χ0) is 7.28. The molecule has 0 saturated carbocycles. The molecule has 0 aliphatic carbocycles. The number of hydrogen-bond donors (Lipinski definition) is 3. The topological polar surface area (TPSA) is 52.5 Å². The van der Waals surface area contributed by atoms with Gasteiger partial charge in [-0.3, -0.25) is 4.34 Å². The average molecular weight is 196 g/mol. The predicted molar refractivity (Wildman–Crippen MR) is 41.0 cm³/mol. The second kappa shape index (κ2) is 5.23. The van der Waals surface area contributed by atoms with Gasteiger partial charge < -0.3 is 10.0 Å². The molecule has 0 aromatic heterocycles. The standard InChI is InChI=1S/C4H11BBrNO2/c1-2-3-4(7-6)5(8)9/h4,7-9H,2-3H2,1H3. The van der Waals surface area contributed by atoms with Crippen LogP contribution in [0.2, 0.25) is 0 Å². The minimum Gasteiger partial charge on any atom is -0.426 e. The van der Waals surface area contributed by atoms with Crippen molar-refractivity contribution in [3.63, 3.8) is 0 Å². The Bertz CT molecular complexity index is 73.6. The molecule has 0 aliphatic heterocycles. The smallest absolute Gasteiger partial charge is 0.426 e. The fourth-order valence-electron chi connectivity index (χ4n) is 0.571. The van der Waals surface area contributed by atoms with Crippen molar-refractivity contribution in [1.82, 2.24) is 4.34 Å². The summed E-state index contributed by atoms with van der Waals surface area (Å²) in [5.74, 6) is -0.255. The highest BCUT2D eigenvalue weighted by Crippen LogP contribution is 1.98. The maximum absolute atomic E-state index is 8.61. The molecule has 0 amide bonds. The molecular weight excluding hydrogens is 185 g/mol. The third-order valence-corrected chi connectivity index (χ3v) is 1.69. The van der Waals surface area contributed by atoms with Gasteiger partial charge in [-0.2, -0.15) is 0 Å². The zero-order valence-corrected chi connectivity index (χ0v) is 6.93. The summed E-state index contributed by atoms with van der Waals surface area (Å²) in [6, 6.07) is 0. The lowest BCUT2D eigenvalue weighted by Gasteiger charge is -2.10. The lowest BCUT2D eigenvalue weighted by molar-refractivity contribution is 0.377. The van der Waals surface area contributed by atoms with Crippen molar-refractivity contribution in [2.75, 3.05) is 0 Å². The molecule has 0 spiro atoms. The third-order valence-electron chi connectivity index (χ3n) is 1.10. The van der Waals surface area contributed by atoms with Crippen molar-refractivity contribution in [2.24, 2.45) is 0 Å². The Labute approximate surface area is 63.9 Å². The minimum atomic E-state index is -1.27. The Balaban J connectivity index is 3.41. The SMILES string of the molecule is CCCC(NBr)B(O)O. The Morgan fingerprint density at radius 2 is 2.22 bits per heavy atom. The first-order valence-corrected chi connectivity index (χ1v) is 3.74. The Morgan fingerprint density at radius 1 is 1.67 bits per heavy atom. The largest absolute Gasteiger partial charge is 0.470 e. The molecule has 0 aromatic carbocycles. The summed E-state index contributed by atoms with van der Waals surface area (Å²) in [4.78, 5) is 0. The van der Waals surface area contributed by atoms with Crippen molar-refractivity contribution >= 4 is 23.3 Å². The van der Waals surface area contributed by atoms with Crippen molar-refractivity contribution in [3.05, 3.63) is 0 Å². The van der Waals surface area contributed by atoms with E-state index in [4.69, 9.17) is 10.0 Å². The monoisotopic (exact) mass is 195 g/mol. The fourth-order valence-corrected chi connectivity index (χ4v) is 1.04. The molecule has 3 N–H and O–H groups in total. The van der Waals surface area contributed by atoms with Gasteiger partial charge in [-0.25, -0.2) is 0 Å². The summed E-state index contributed by atoms with van der Waals surface area (Å²) < 4.78 is 2.61. The van der Waals surface area contributed by atoms with Crippen LogP contribution in [0.3, 0.4) is 0 Å². The summed E-state index contributed by atoms with van der Waals surface area (Å²) in [5, 5.41) is 17.2. The lowest BCUT2D eigenvalue weighted by atomic mass is 9.78. The molecule has 0 rings (SSSR count). The summed E-state index contributed by atoms with van der Waals surface area (Å²) in [6.07, 6.45) is 1.68. The van der Waals surface area contributed by atoms with Crippen LogP contribution in [0.15, 0.2) is 0 Å². The average Bonchev–Trinajstić information content (AvgIpc) is 1.82. The van der Waals surface area contributed by atoms with E-state index in [1.54, 1.807) is 0 Å². The summed E-state index contributed by atoms with van der Waals surface area (Å²) in [6.45, 7) is 1.99. The van der Waals surface area contributed by atoms with E-state index in [2.05, 4.69) is 20.5 Å². The molecule has 0 aliphatic rings. The molecule has 9 heavy (non-hydrogen) atoms. The Morgan fingerprint density at radius 3 is 2.33 bits per heavy atom. The van der Waals surface area contributed by atoms with E-state index in [-0.39, 0.29) is 5.94 Å². The first-order chi connectivity index (χ1) is 4.22. The first kappa shape index (κ1) is 9.42. The molecule has 0 bridgehead atoms. The van der Waals surface area contributed by atoms with Gasteiger partial charge in [-0.15, -0.1) is 0 Å². The van der Waals surface area contributed by atoms with Crippen LogP contribution in [0.4, 0.5) is 0 Å². The van der Waals surface area contributed by atoms with Crippen LogP contribution >= 0.6 is 16.1 Å². The van der Waals surface area contributed by atoms with Crippen LogP contribution in [-0.2, 0) is 0 Å². The number of nitrogens with one attached hydrogen (secondary N) is 1. The van der Waals surface area contributed by atoms with Gasteiger partial charge in [-0.05, 0) is 6.42 Å². The van der Waals surface area contributed by atoms with E-state index in [0.717, 1.165) is 12.8 Å². The van der Waals surface area contributed by atoms with Gasteiger partial charge >= 0.3 is 7.12 Å². The van der Waals surface area contributed by atoms with Gasteiger partial charge in [0.05, 0.1) is 5.94 Å². The van der Waals surface area contributed by atoms with Crippen LogP contribution in [0.1, 0.15) is 19.8 Å². The van der Waals surface area contributed by atoms with E-state index in [1.807, 2.05) is 6.92 Å². The van der Waals surface area contributed by atoms with Gasteiger partial charge in [0.1, 0.15) is 0 Å². The van der Waals surface area contributed by atoms with Gasteiger partial charge in [0.15, 0.2) is 0 Å². The highest BCUT2D eigenvalue weighted by molar-refractivity contribution is 9.08. The maximum atomic E-state index is 8.61. The first-order valence-electron chi connectivity index (χ1n) is 2.94. The highest BCUT2D eigenvalue weighted by atomic mass is 79.9. The molecule has 0 aromatic rings. The van der Waals surface area contributed by atoms with Crippen molar-refractivity contribution < 1.29 is 10.0 Å². The molecular formula is C4H11BBrNO2. The van der Waals surface area contributed by atoms with Gasteiger partial charge in [-0.1, -0.05) is 13.3 Å². The molecule has 54 valence electrons. The molecule has 0 radical (unpaired) electrons. The van der Waals surface area contributed by atoms with Gasteiger partial charge in [0.25, 0.3) is 0 Å². The van der Waals surface area contributed by atoms with Crippen LogP contribution in [0.5, 0.6) is 0 Å². The van der Waals surface area contributed by atoms with E-state index in [1.165, 1.54) is 0 Å².